The van der Waals surface area contributed by atoms with E-state index in [1.54, 1.807) is 0 Å². The van der Waals surface area contributed by atoms with Gasteiger partial charge in [-0.3, -0.25) is 0 Å². The number of rotatable bonds is 2. The fraction of sp³-hybridized carbons (Fsp3) is 0.125. The van der Waals surface area contributed by atoms with Crippen molar-refractivity contribution < 1.29 is 30.8 Å². The zero-order valence-electron chi connectivity index (χ0n) is 7.82. The van der Waals surface area contributed by atoms with Crippen LogP contribution in [0.4, 0.5) is 23.2 Å². The normalized spacial score (nSPS) is 12.0. The van der Waals surface area contributed by atoms with E-state index in [9.17, 15) is 30.8 Å². The van der Waals surface area contributed by atoms with Crippen LogP contribution in [0.5, 0.6) is 0 Å². The fourth-order valence-electron chi connectivity index (χ4n) is 0.969. The first kappa shape index (κ1) is 13.3. The number of hydrogen-bond acceptors (Lipinski definition) is 4. The highest BCUT2D eigenvalue weighted by Crippen LogP contribution is 2.35. The molecule has 1 aromatic carbocycles. The van der Waals surface area contributed by atoms with Gasteiger partial charge in [-0.05, 0) is 18.2 Å². The number of carbonyl (C=O) groups excluding carboxylic acids is 1. The van der Waals surface area contributed by atoms with Crippen LogP contribution in [0.3, 0.4) is 0 Å². The highest BCUT2D eigenvalue weighted by Gasteiger charge is 2.48. The summed E-state index contributed by atoms with van der Waals surface area (Å²) in [5, 5.41) is 0. The minimum atomic E-state index is -5.76. The summed E-state index contributed by atoms with van der Waals surface area (Å²) in [5.74, 6) is -1.20. The molecule has 92 valence electrons. The van der Waals surface area contributed by atoms with Crippen molar-refractivity contribution in [3.8, 4) is 0 Å². The quantitative estimate of drug-likeness (QED) is 0.469. The molecule has 0 unspecified atom stereocenters. The Morgan fingerprint density at radius 2 is 1.82 bits per heavy atom. The predicted octanol–water partition coefficient (Wildman–Crippen LogP) is 2.09. The Balaban J connectivity index is 3.61. The molecule has 0 aliphatic carbocycles. The lowest BCUT2D eigenvalue weighted by Crippen LogP contribution is -2.23. The van der Waals surface area contributed by atoms with Gasteiger partial charge >= 0.3 is 5.51 Å². The molecule has 1 rings (SSSR count). The summed E-state index contributed by atoms with van der Waals surface area (Å²) < 4.78 is 71.4. The predicted molar refractivity (Wildman–Crippen MR) is 47.4 cm³/mol. The first-order valence-corrected chi connectivity index (χ1v) is 5.37. The van der Waals surface area contributed by atoms with Gasteiger partial charge in [0.1, 0.15) is 10.7 Å². The van der Waals surface area contributed by atoms with E-state index in [0.717, 1.165) is 6.08 Å². The minimum absolute atomic E-state index is 0.138. The summed E-state index contributed by atoms with van der Waals surface area (Å²) in [6.07, 6.45) is 0.888. The molecule has 4 nitrogen and oxygen atoms in total. The molecule has 0 atom stereocenters. The molecule has 17 heavy (non-hydrogen) atoms. The van der Waals surface area contributed by atoms with Gasteiger partial charge in [0.25, 0.3) is 9.84 Å². The number of hydrogen-bond donors (Lipinski definition) is 0. The summed E-state index contributed by atoms with van der Waals surface area (Å²) in [4.78, 5) is 11.3. The largest absolute Gasteiger partial charge is 0.501 e. The second kappa shape index (κ2) is 4.27. The Labute approximate surface area is 92.5 Å². The summed E-state index contributed by atoms with van der Waals surface area (Å²) in [5.41, 5.74) is -6.42. The van der Waals surface area contributed by atoms with E-state index in [0.29, 0.717) is 12.1 Å². The third-order valence-electron chi connectivity index (χ3n) is 1.68. The maximum absolute atomic E-state index is 12.7. The smallest absolute Gasteiger partial charge is 0.214 e. The standard InChI is InChI=1S/C8H3F4NO3S/c9-5-1-2-6(13-4-14)7(3-5)17(15,16)8(10,11)12/h1-3H. The Bertz CT molecular complexity index is 587. The minimum Gasteiger partial charge on any atom is -0.214 e. The lowest BCUT2D eigenvalue weighted by molar-refractivity contribution is -0.0435. The third kappa shape index (κ3) is 2.51. The van der Waals surface area contributed by atoms with Gasteiger partial charge in [-0.2, -0.15) is 18.2 Å². The molecule has 0 aliphatic heterocycles. The molecule has 0 saturated carbocycles. The number of aliphatic imine (C=N–C) groups is 1. The molecule has 1 aromatic rings. The van der Waals surface area contributed by atoms with Gasteiger partial charge in [0, 0.05) is 0 Å². The van der Waals surface area contributed by atoms with Crippen LogP contribution < -0.4 is 0 Å². The van der Waals surface area contributed by atoms with E-state index in [1.165, 1.54) is 0 Å². The van der Waals surface area contributed by atoms with Crippen LogP contribution in [0, 0.1) is 5.82 Å². The number of sulfone groups is 1. The van der Waals surface area contributed by atoms with Crippen LogP contribution in [-0.4, -0.2) is 20.0 Å². The van der Waals surface area contributed by atoms with E-state index in [1.807, 2.05) is 0 Å². The molecule has 9 heteroatoms. The fourth-order valence-corrected chi connectivity index (χ4v) is 1.88. The monoisotopic (exact) mass is 269 g/mol. The van der Waals surface area contributed by atoms with E-state index in [-0.39, 0.29) is 6.07 Å². The van der Waals surface area contributed by atoms with Crippen molar-refractivity contribution in [3.05, 3.63) is 24.0 Å². The Morgan fingerprint density at radius 1 is 1.24 bits per heavy atom. The van der Waals surface area contributed by atoms with Crippen molar-refractivity contribution in [2.24, 2.45) is 4.99 Å². The Morgan fingerprint density at radius 3 is 2.29 bits per heavy atom. The molecule has 0 aliphatic rings. The van der Waals surface area contributed by atoms with Crippen molar-refractivity contribution in [2.45, 2.75) is 10.4 Å². The molecule has 0 radical (unpaired) electrons. The molecular weight excluding hydrogens is 266 g/mol. The second-order valence-corrected chi connectivity index (χ2v) is 4.67. The van der Waals surface area contributed by atoms with Gasteiger partial charge < -0.3 is 0 Å². The van der Waals surface area contributed by atoms with Gasteiger partial charge in [0.2, 0.25) is 6.08 Å². The number of halogens is 4. The highest BCUT2D eigenvalue weighted by atomic mass is 32.2. The van der Waals surface area contributed by atoms with Crippen LogP contribution in [0.25, 0.3) is 0 Å². The summed E-state index contributed by atoms with van der Waals surface area (Å²) in [6, 6.07) is 1.45. The zero-order chi connectivity index (χ0) is 13.3. The van der Waals surface area contributed by atoms with E-state index in [4.69, 9.17) is 0 Å². The van der Waals surface area contributed by atoms with Crippen LogP contribution >= 0.6 is 0 Å². The van der Waals surface area contributed by atoms with E-state index in [2.05, 4.69) is 4.99 Å². The Hall–Kier alpha value is -1.73. The van der Waals surface area contributed by atoms with E-state index >= 15 is 0 Å². The summed E-state index contributed by atoms with van der Waals surface area (Å²) >= 11 is 0. The number of nitrogens with zero attached hydrogens (tertiary/aromatic N) is 1. The first-order valence-electron chi connectivity index (χ1n) is 3.89. The lowest BCUT2D eigenvalue weighted by Gasteiger charge is -2.09. The first-order chi connectivity index (χ1) is 7.70. The van der Waals surface area contributed by atoms with Crippen molar-refractivity contribution in [1.29, 1.82) is 0 Å². The van der Waals surface area contributed by atoms with E-state index < -0.39 is 31.7 Å². The molecule has 0 fully saturated rings. The van der Waals surface area contributed by atoms with Crippen molar-refractivity contribution >= 4 is 21.6 Å². The van der Waals surface area contributed by atoms with Gasteiger partial charge in [-0.15, -0.1) is 0 Å². The van der Waals surface area contributed by atoms with Gasteiger partial charge in [0.15, 0.2) is 0 Å². The van der Waals surface area contributed by atoms with Gasteiger partial charge in [-0.1, -0.05) is 0 Å². The number of benzene rings is 1. The van der Waals surface area contributed by atoms with Gasteiger partial charge in [-0.25, -0.2) is 17.6 Å². The third-order valence-corrected chi connectivity index (χ3v) is 3.20. The molecular formula is C8H3F4NO3S. The van der Waals surface area contributed by atoms with Crippen LogP contribution in [0.2, 0.25) is 0 Å². The van der Waals surface area contributed by atoms with Crippen LogP contribution in [0.15, 0.2) is 28.1 Å². The molecule has 0 saturated heterocycles. The molecule has 0 heterocycles. The van der Waals surface area contributed by atoms with Crippen LogP contribution in [0.1, 0.15) is 0 Å². The Kier molecular flexibility index (Phi) is 3.35. The molecule has 0 amide bonds. The lowest BCUT2D eigenvalue weighted by atomic mass is 10.3. The SMILES string of the molecule is O=C=Nc1ccc(F)cc1S(=O)(=O)C(F)(F)F. The molecule has 0 bridgehead atoms. The second-order valence-electron chi connectivity index (χ2n) is 2.76. The topological polar surface area (TPSA) is 63.6 Å². The maximum Gasteiger partial charge on any atom is 0.501 e. The number of isocyanates is 1. The average molecular weight is 269 g/mol. The molecule has 0 N–H and O–H groups in total. The molecule has 0 spiro atoms. The zero-order valence-corrected chi connectivity index (χ0v) is 8.64. The summed E-state index contributed by atoms with van der Waals surface area (Å²) in [6.45, 7) is 0. The van der Waals surface area contributed by atoms with Gasteiger partial charge in [0.05, 0.1) is 5.69 Å². The van der Waals surface area contributed by atoms with Crippen molar-refractivity contribution in [2.75, 3.05) is 0 Å². The van der Waals surface area contributed by atoms with Crippen molar-refractivity contribution in [3.63, 3.8) is 0 Å². The highest BCUT2D eigenvalue weighted by molar-refractivity contribution is 7.92. The van der Waals surface area contributed by atoms with Crippen LogP contribution in [-0.2, 0) is 14.6 Å². The number of alkyl halides is 3. The van der Waals surface area contributed by atoms with Crippen molar-refractivity contribution in [1.82, 2.24) is 0 Å². The summed E-state index contributed by atoms with van der Waals surface area (Å²) in [7, 11) is -5.76. The average Bonchev–Trinajstić information content (AvgIpc) is 2.19. The molecule has 0 aromatic heterocycles. The maximum atomic E-state index is 12.7.